The van der Waals surface area contributed by atoms with Crippen molar-refractivity contribution in [1.29, 1.82) is 0 Å². The molecule has 5 heteroatoms. The van der Waals surface area contributed by atoms with E-state index in [2.05, 4.69) is 22.4 Å². The van der Waals surface area contributed by atoms with Gasteiger partial charge in [0, 0.05) is 23.7 Å². The lowest BCUT2D eigenvalue weighted by Gasteiger charge is -2.11. The standard InChI is InChI=1S/C15H18N2O2S/c1-11-2-4-13-8-12(3-5-15(13)17-11)9-16-14-6-7-20(18,19)10-14/h2-5,8,14,16H,6-7,9-10H2,1H3. The molecule has 1 aliphatic rings. The minimum atomic E-state index is -2.81. The average molecular weight is 290 g/mol. The Kier molecular flexibility index (Phi) is 3.48. The summed E-state index contributed by atoms with van der Waals surface area (Å²) in [6.07, 6.45) is 0.719. The molecule has 1 saturated heterocycles. The second kappa shape index (κ2) is 5.14. The summed E-state index contributed by atoms with van der Waals surface area (Å²) in [6, 6.07) is 10.3. The molecule has 0 radical (unpaired) electrons. The zero-order valence-electron chi connectivity index (χ0n) is 11.5. The van der Waals surface area contributed by atoms with Gasteiger partial charge in [-0.15, -0.1) is 0 Å². The third-order valence-corrected chi connectivity index (χ3v) is 5.49. The van der Waals surface area contributed by atoms with Crippen LogP contribution in [0, 0.1) is 6.92 Å². The Morgan fingerprint density at radius 1 is 1.30 bits per heavy atom. The number of aromatic nitrogens is 1. The van der Waals surface area contributed by atoms with Gasteiger partial charge in [0.05, 0.1) is 17.0 Å². The first kappa shape index (κ1) is 13.5. The van der Waals surface area contributed by atoms with Crippen LogP contribution in [0.1, 0.15) is 17.7 Å². The number of benzene rings is 1. The minimum Gasteiger partial charge on any atom is -0.309 e. The summed E-state index contributed by atoms with van der Waals surface area (Å²) in [5.74, 6) is 0.576. The van der Waals surface area contributed by atoms with Crippen LogP contribution in [-0.2, 0) is 16.4 Å². The molecule has 1 aliphatic heterocycles. The fourth-order valence-electron chi connectivity index (χ4n) is 2.61. The van der Waals surface area contributed by atoms with Gasteiger partial charge in [0.15, 0.2) is 9.84 Å². The Morgan fingerprint density at radius 3 is 2.90 bits per heavy atom. The molecule has 1 unspecified atom stereocenters. The first-order valence-electron chi connectivity index (χ1n) is 6.82. The highest BCUT2D eigenvalue weighted by Crippen LogP contribution is 2.16. The fraction of sp³-hybridized carbons (Fsp3) is 0.400. The lowest BCUT2D eigenvalue weighted by Crippen LogP contribution is -2.29. The summed E-state index contributed by atoms with van der Waals surface area (Å²) in [5.41, 5.74) is 3.17. The number of rotatable bonds is 3. The van der Waals surface area contributed by atoms with Crippen molar-refractivity contribution in [2.45, 2.75) is 25.9 Å². The SMILES string of the molecule is Cc1ccc2cc(CNC3CCS(=O)(=O)C3)ccc2n1. The maximum Gasteiger partial charge on any atom is 0.151 e. The molecule has 20 heavy (non-hydrogen) atoms. The van der Waals surface area contributed by atoms with Crippen molar-refractivity contribution in [1.82, 2.24) is 10.3 Å². The van der Waals surface area contributed by atoms with E-state index in [0.29, 0.717) is 12.3 Å². The second-order valence-corrected chi connectivity index (χ2v) is 7.69. The smallest absolute Gasteiger partial charge is 0.151 e. The van der Waals surface area contributed by atoms with Crippen LogP contribution in [0.25, 0.3) is 10.9 Å². The van der Waals surface area contributed by atoms with Gasteiger partial charge < -0.3 is 5.32 Å². The molecular formula is C15H18N2O2S. The molecule has 1 fully saturated rings. The normalized spacial score (nSPS) is 21.4. The van der Waals surface area contributed by atoms with Gasteiger partial charge in [0.25, 0.3) is 0 Å². The first-order chi connectivity index (χ1) is 9.52. The van der Waals surface area contributed by atoms with Crippen LogP contribution < -0.4 is 5.32 Å². The van der Waals surface area contributed by atoms with Crippen molar-refractivity contribution in [3.8, 4) is 0 Å². The third-order valence-electron chi connectivity index (χ3n) is 3.72. The molecule has 0 aliphatic carbocycles. The van der Waals surface area contributed by atoms with Gasteiger partial charge in [-0.2, -0.15) is 0 Å². The maximum absolute atomic E-state index is 11.4. The Labute approximate surface area is 119 Å². The second-order valence-electron chi connectivity index (χ2n) is 5.46. The van der Waals surface area contributed by atoms with Crippen LogP contribution in [-0.4, -0.2) is 30.9 Å². The molecular weight excluding hydrogens is 272 g/mol. The van der Waals surface area contributed by atoms with Gasteiger partial charge in [-0.25, -0.2) is 8.42 Å². The molecule has 4 nitrogen and oxygen atoms in total. The van der Waals surface area contributed by atoms with Gasteiger partial charge in [0.2, 0.25) is 0 Å². The van der Waals surface area contributed by atoms with E-state index in [-0.39, 0.29) is 11.8 Å². The molecule has 106 valence electrons. The zero-order valence-corrected chi connectivity index (χ0v) is 12.3. The van der Waals surface area contributed by atoms with Crippen molar-refractivity contribution in [2.75, 3.05) is 11.5 Å². The Balaban J connectivity index is 1.70. The molecule has 0 saturated carbocycles. The topological polar surface area (TPSA) is 59.1 Å². The van der Waals surface area contributed by atoms with Crippen molar-refractivity contribution in [2.24, 2.45) is 0 Å². The molecule has 0 spiro atoms. The number of nitrogens with one attached hydrogen (secondary N) is 1. The van der Waals surface area contributed by atoms with Crippen molar-refractivity contribution >= 4 is 20.7 Å². The zero-order chi connectivity index (χ0) is 14.2. The van der Waals surface area contributed by atoms with E-state index in [1.807, 2.05) is 25.1 Å². The summed E-state index contributed by atoms with van der Waals surface area (Å²) >= 11 is 0. The van der Waals surface area contributed by atoms with Gasteiger partial charge in [-0.05, 0) is 37.1 Å². The largest absolute Gasteiger partial charge is 0.309 e. The molecule has 0 amide bonds. The molecule has 2 aromatic rings. The highest BCUT2D eigenvalue weighted by Gasteiger charge is 2.27. The van der Waals surface area contributed by atoms with Crippen LogP contribution in [0.15, 0.2) is 30.3 Å². The number of aryl methyl sites for hydroxylation is 1. The third kappa shape index (κ3) is 2.99. The molecule has 2 heterocycles. The van der Waals surface area contributed by atoms with Crippen LogP contribution in [0.3, 0.4) is 0 Å². The molecule has 1 aromatic carbocycles. The first-order valence-corrected chi connectivity index (χ1v) is 8.64. The number of hydrogen-bond donors (Lipinski definition) is 1. The van der Waals surface area contributed by atoms with E-state index >= 15 is 0 Å². The molecule has 0 bridgehead atoms. The maximum atomic E-state index is 11.4. The fourth-order valence-corrected chi connectivity index (χ4v) is 4.31. The van der Waals surface area contributed by atoms with E-state index in [1.54, 1.807) is 0 Å². The van der Waals surface area contributed by atoms with E-state index in [9.17, 15) is 8.42 Å². The lowest BCUT2D eigenvalue weighted by atomic mass is 10.1. The summed E-state index contributed by atoms with van der Waals surface area (Å²) in [7, 11) is -2.81. The van der Waals surface area contributed by atoms with E-state index in [4.69, 9.17) is 0 Å². The number of nitrogens with zero attached hydrogens (tertiary/aromatic N) is 1. The quantitative estimate of drug-likeness (QED) is 0.937. The number of fused-ring (bicyclic) bond motifs is 1. The van der Waals surface area contributed by atoms with Gasteiger partial charge in [0.1, 0.15) is 0 Å². The predicted octanol–water partition coefficient (Wildman–Crippen LogP) is 1.82. The van der Waals surface area contributed by atoms with Gasteiger partial charge in [-0.1, -0.05) is 12.1 Å². The Hall–Kier alpha value is -1.46. The minimum absolute atomic E-state index is 0.0897. The monoisotopic (exact) mass is 290 g/mol. The highest BCUT2D eigenvalue weighted by molar-refractivity contribution is 7.91. The average Bonchev–Trinajstić information content (AvgIpc) is 2.76. The molecule has 1 atom stereocenters. The highest BCUT2D eigenvalue weighted by atomic mass is 32.2. The lowest BCUT2D eigenvalue weighted by molar-refractivity contribution is 0.554. The Morgan fingerprint density at radius 2 is 2.15 bits per heavy atom. The number of sulfone groups is 1. The van der Waals surface area contributed by atoms with Crippen LogP contribution in [0.2, 0.25) is 0 Å². The number of hydrogen-bond acceptors (Lipinski definition) is 4. The Bertz CT molecular complexity index is 741. The van der Waals surface area contributed by atoms with Gasteiger partial charge >= 0.3 is 0 Å². The van der Waals surface area contributed by atoms with Crippen molar-refractivity contribution < 1.29 is 8.42 Å². The van der Waals surface area contributed by atoms with Crippen molar-refractivity contribution in [3.05, 3.63) is 41.6 Å². The summed E-state index contributed by atoms with van der Waals surface area (Å²) < 4.78 is 22.8. The van der Waals surface area contributed by atoms with E-state index in [0.717, 1.165) is 28.6 Å². The predicted molar refractivity (Wildman–Crippen MR) is 80.4 cm³/mol. The van der Waals surface area contributed by atoms with Crippen molar-refractivity contribution in [3.63, 3.8) is 0 Å². The molecule has 1 N–H and O–H groups in total. The van der Waals surface area contributed by atoms with Crippen LogP contribution in [0.4, 0.5) is 0 Å². The van der Waals surface area contributed by atoms with E-state index in [1.165, 1.54) is 0 Å². The van der Waals surface area contributed by atoms with Crippen LogP contribution in [0.5, 0.6) is 0 Å². The summed E-state index contributed by atoms with van der Waals surface area (Å²) in [5, 5.41) is 4.45. The number of pyridine rings is 1. The molecule has 1 aromatic heterocycles. The van der Waals surface area contributed by atoms with E-state index < -0.39 is 9.84 Å². The van der Waals surface area contributed by atoms with Gasteiger partial charge in [-0.3, -0.25) is 4.98 Å². The summed E-state index contributed by atoms with van der Waals surface area (Å²) in [4.78, 5) is 4.47. The molecule has 3 rings (SSSR count). The van der Waals surface area contributed by atoms with Crippen LogP contribution >= 0.6 is 0 Å². The summed E-state index contributed by atoms with van der Waals surface area (Å²) in [6.45, 7) is 2.68.